The average Bonchev–Trinajstić information content (AvgIpc) is 2.63. The molecule has 2 aromatic carbocycles. The first-order chi connectivity index (χ1) is 13.0. The number of guanidine groups is 1. The molecule has 1 atom stereocenters. The van der Waals surface area contributed by atoms with Gasteiger partial charge in [0.2, 0.25) is 5.91 Å². The molecule has 1 unspecified atom stereocenters. The first-order valence-electron chi connectivity index (χ1n) is 8.83. The number of hydrogen-bond acceptors (Lipinski definition) is 2. The van der Waals surface area contributed by atoms with E-state index in [9.17, 15) is 4.79 Å². The zero-order valence-electron chi connectivity index (χ0n) is 15.1. The Labute approximate surface area is 169 Å². The molecule has 0 spiro atoms. The molecule has 3 N–H and O–H groups in total. The van der Waals surface area contributed by atoms with E-state index in [1.807, 2.05) is 30.3 Å². The SMILES string of the molecule is CN=C(NCCc1cc(Cl)cc(Cl)c1)NCC1CC(=O)Nc2ccccc21. The van der Waals surface area contributed by atoms with E-state index >= 15 is 0 Å². The van der Waals surface area contributed by atoms with E-state index in [-0.39, 0.29) is 11.8 Å². The van der Waals surface area contributed by atoms with Crippen LogP contribution in [0.5, 0.6) is 0 Å². The van der Waals surface area contributed by atoms with Crippen LogP contribution in [-0.2, 0) is 11.2 Å². The van der Waals surface area contributed by atoms with Crippen LogP contribution in [0, 0.1) is 0 Å². The highest BCUT2D eigenvalue weighted by molar-refractivity contribution is 6.34. The molecule has 2 aromatic rings. The summed E-state index contributed by atoms with van der Waals surface area (Å²) in [7, 11) is 1.73. The van der Waals surface area contributed by atoms with Gasteiger partial charge in [0.25, 0.3) is 0 Å². The molecule has 1 heterocycles. The number of para-hydroxylation sites is 1. The molecule has 0 fully saturated rings. The van der Waals surface area contributed by atoms with Crippen LogP contribution in [0.4, 0.5) is 5.69 Å². The van der Waals surface area contributed by atoms with Gasteiger partial charge in [0.15, 0.2) is 5.96 Å². The molecule has 1 aliphatic rings. The van der Waals surface area contributed by atoms with Crippen LogP contribution >= 0.6 is 23.2 Å². The van der Waals surface area contributed by atoms with Gasteiger partial charge >= 0.3 is 0 Å². The van der Waals surface area contributed by atoms with Gasteiger partial charge in [0.05, 0.1) is 0 Å². The molecule has 1 amide bonds. The van der Waals surface area contributed by atoms with E-state index in [1.54, 1.807) is 13.1 Å². The van der Waals surface area contributed by atoms with Crippen molar-refractivity contribution in [2.24, 2.45) is 4.99 Å². The lowest BCUT2D eigenvalue weighted by atomic mass is 9.90. The van der Waals surface area contributed by atoms with Gasteiger partial charge < -0.3 is 16.0 Å². The summed E-state index contributed by atoms with van der Waals surface area (Å²) in [5.41, 5.74) is 3.10. The van der Waals surface area contributed by atoms with Crippen LogP contribution in [0.1, 0.15) is 23.5 Å². The van der Waals surface area contributed by atoms with Gasteiger partial charge in [-0.3, -0.25) is 9.79 Å². The lowest BCUT2D eigenvalue weighted by molar-refractivity contribution is -0.116. The van der Waals surface area contributed by atoms with Crippen molar-refractivity contribution in [2.75, 3.05) is 25.5 Å². The van der Waals surface area contributed by atoms with Crippen molar-refractivity contribution in [1.82, 2.24) is 10.6 Å². The number of nitrogens with one attached hydrogen (secondary N) is 3. The summed E-state index contributed by atoms with van der Waals surface area (Å²) in [6.07, 6.45) is 1.23. The first kappa shape index (κ1) is 19.5. The van der Waals surface area contributed by atoms with Gasteiger partial charge in [0.1, 0.15) is 0 Å². The smallest absolute Gasteiger partial charge is 0.225 e. The summed E-state index contributed by atoms with van der Waals surface area (Å²) in [4.78, 5) is 16.2. The Balaban J connectivity index is 1.53. The number of carbonyl (C=O) groups is 1. The number of amides is 1. The molecule has 142 valence electrons. The Kier molecular flexibility index (Phi) is 6.58. The zero-order chi connectivity index (χ0) is 19.2. The predicted molar refractivity (Wildman–Crippen MR) is 112 cm³/mol. The van der Waals surface area contributed by atoms with Gasteiger partial charge in [0, 0.05) is 48.2 Å². The number of benzene rings is 2. The Hall–Kier alpha value is -2.24. The molecule has 0 aromatic heterocycles. The molecule has 0 saturated heterocycles. The van der Waals surface area contributed by atoms with E-state index in [1.165, 1.54) is 0 Å². The third-order valence-corrected chi connectivity index (χ3v) is 4.91. The highest BCUT2D eigenvalue weighted by atomic mass is 35.5. The Morgan fingerprint density at radius 1 is 1.19 bits per heavy atom. The number of aliphatic imine (C=N–C) groups is 1. The van der Waals surface area contributed by atoms with E-state index in [0.717, 1.165) is 23.2 Å². The van der Waals surface area contributed by atoms with Crippen molar-refractivity contribution in [3.05, 3.63) is 63.6 Å². The monoisotopic (exact) mass is 404 g/mol. The van der Waals surface area contributed by atoms with Crippen molar-refractivity contribution < 1.29 is 4.79 Å². The van der Waals surface area contributed by atoms with E-state index in [4.69, 9.17) is 23.2 Å². The quantitative estimate of drug-likeness (QED) is 0.523. The highest BCUT2D eigenvalue weighted by Gasteiger charge is 2.24. The van der Waals surface area contributed by atoms with E-state index < -0.39 is 0 Å². The number of hydrogen-bond donors (Lipinski definition) is 3. The van der Waals surface area contributed by atoms with Crippen LogP contribution < -0.4 is 16.0 Å². The second kappa shape index (κ2) is 9.11. The summed E-state index contributed by atoms with van der Waals surface area (Å²) in [6.45, 7) is 1.32. The summed E-state index contributed by atoms with van der Waals surface area (Å²) < 4.78 is 0. The third kappa shape index (κ3) is 5.37. The Morgan fingerprint density at radius 3 is 2.67 bits per heavy atom. The maximum Gasteiger partial charge on any atom is 0.225 e. The minimum Gasteiger partial charge on any atom is -0.356 e. The maximum atomic E-state index is 11.9. The van der Waals surface area contributed by atoms with Crippen LogP contribution in [0.25, 0.3) is 0 Å². The zero-order valence-corrected chi connectivity index (χ0v) is 16.6. The lowest BCUT2D eigenvalue weighted by Crippen LogP contribution is -2.41. The van der Waals surface area contributed by atoms with Crippen molar-refractivity contribution in [3.63, 3.8) is 0 Å². The molecule has 0 radical (unpaired) electrons. The summed E-state index contributed by atoms with van der Waals surface area (Å²) in [5, 5.41) is 10.8. The number of carbonyl (C=O) groups excluding carboxylic acids is 1. The van der Waals surface area contributed by atoms with Crippen LogP contribution in [-0.4, -0.2) is 32.0 Å². The van der Waals surface area contributed by atoms with Gasteiger partial charge in [-0.25, -0.2) is 0 Å². The summed E-state index contributed by atoms with van der Waals surface area (Å²) in [6, 6.07) is 13.4. The van der Waals surface area contributed by atoms with Crippen molar-refractivity contribution in [2.45, 2.75) is 18.8 Å². The largest absolute Gasteiger partial charge is 0.356 e. The fraction of sp³-hybridized carbons (Fsp3) is 0.300. The minimum atomic E-state index is 0.0429. The Morgan fingerprint density at radius 2 is 1.93 bits per heavy atom. The molecule has 7 heteroatoms. The van der Waals surface area contributed by atoms with Crippen LogP contribution in [0.15, 0.2) is 47.5 Å². The molecular formula is C20H22Cl2N4O. The maximum absolute atomic E-state index is 11.9. The minimum absolute atomic E-state index is 0.0429. The summed E-state index contributed by atoms with van der Waals surface area (Å²) in [5.74, 6) is 0.855. The molecule has 27 heavy (non-hydrogen) atoms. The second-order valence-electron chi connectivity index (χ2n) is 6.44. The van der Waals surface area contributed by atoms with Gasteiger partial charge in [-0.05, 0) is 41.8 Å². The molecule has 3 rings (SSSR count). The highest BCUT2D eigenvalue weighted by Crippen LogP contribution is 2.31. The fourth-order valence-electron chi connectivity index (χ4n) is 3.20. The summed E-state index contributed by atoms with van der Waals surface area (Å²) >= 11 is 12.1. The number of anilines is 1. The van der Waals surface area contributed by atoms with Gasteiger partial charge in [-0.15, -0.1) is 0 Å². The molecular weight excluding hydrogens is 383 g/mol. The number of fused-ring (bicyclic) bond motifs is 1. The molecule has 0 saturated carbocycles. The van der Waals surface area contributed by atoms with E-state index in [2.05, 4.69) is 27.0 Å². The van der Waals surface area contributed by atoms with Crippen molar-refractivity contribution >= 4 is 40.8 Å². The molecule has 5 nitrogen and oxygen atoms in total. The topological polar surface area (TPSA) is 65.5 Å². The number of rotatable bonds is 5. The molecule has 0 aliphatic carbocycles. The van der Waals surface area contributed by atoms with Crippen LogP contribution in [0.2, 0.25) is 10.0 Å². The first-order valence-corrected chi connectivity index (χ1v) is 9.59. The third-order valence-electron chi connectivity index (χ3n) is 4.47. The average molecular weight is 405 g/mol. The standard InChI is InChI=1S/C20H22Cl2N4O/c1-23-20(24-7-6-13-8-15(21)11-16(22)9-13)25-12-14-10-19(27)26-18-5-3-2-4-17(14)18/h2-5,8-9,11,14H,6-7,10,12H2,1H3,(H,26,27)(H2,23,24,25). The fourth-order valence-corrected chi connectivity index (χ4v) is 3.78. The van der Waals surface area contributed by atoms with E-state index in [0.29, 0.717) is 35.5 Å². The van der Waals surface area contributed by atoms with Crippen LogP contribution in [0.3, 0.4) is 0 Å². The Bertz CT molecular complexity index is 833. The molecule has 0 bridgehead atoms. The normalized spacial score (nSPS) is 16.5. The predicted octanol–water partition coefficient (Wildman–Crippen LogP) is 3.83. The number of nitrogens with zero attached hydrogens (tertiary/aromatic N) is 1. The van der Waals surface area contributed by atoms with Crippen molar-refractivity contribution in [3.8, 4) is 0 Å². The second-order valence-corrected chi connectivity index (χ2v) is 7.32. The number of halogens is 2. The lowest BCUT2D eigenvalue weighted by Gasteiger charge is -2.26. The molecule has 1 aliphatic heterocycles. The van der Waals surface area contributed by atoms with Gasteiger partial charge in [-0.1, -0.05) is 41.4 Å². The van der Waals surface area contributed by atoms with Crippen molar-refractivity contribution in [1.29, 1.82) is 0 Å². The van der Waals surface area contributed by atoms with Gasteiger partial charge in [-0.2, -0.15) is 0 Å².